The number of aromatic nitrogens is 1. The number of amides is 2. The van der Waals surface area contributed by atoms with E-state index in [4.69, 9.17) is 10.5 Å². The summed E-state index contributed by atoms with van der Waals surface area (Å²) in [6.07, 6.45) is 4.37. The maximum atomic E-state index is 11.9. The summed E-state index contributed by atoms with van der Waals surface area (Å²) < 4.78 is 5.19. The van der Waals surface area contributed by atoms with Gasteiger partial charge in [0.1, 0.15) is 11.6 Å². The number of ether oxygens (including phenoxy) is 1. The van der Waals surface area contributed by atoms with Crippen molar-refractivity contribution in [2.24, 2.45) is 11.7 Å². The van der Waals surface area contributed by atoms with Crippen LogP contribution in [0.4, 0.5) is 4.79 Å². The number of aryl methyl sites for hydroxylation is 1. The predicted molar refractivity (Wildman–Crippen MR) is 86.7 cm³/mol. The lowest BCUT2D eigenvalue weighted by Gasteiger charge is -2.27. The van der Waals surface area contributed by atoms with E-state index in [1.165, 1.54) is 5.56 Å². The van der Waals surface area contributed by atoms with E-state index in [1.807, 2.05) is 6.07 Å². The van der Waals surface area contributed by atoms with Crippen molar-refractivity contribution >= 4 is 12.0 Å². The molecule has 0 fully saturated rings. The van der Waals surface area contributed by atoms with Crippen molar-refractivity contribution in [3.05, 3.63) is 29.6 Å². The fraction of sp³-hybridized carbons (Fsp3) is 0.588. The Morgan fingerprint density at radius 3 is 2.87 bits per heavy atom. The molecule has 1 heterocycles. The predicted octanol–water partition coefficient (Wildman–Crippen LogP) is 1.96. The molecule has 0 aromatic carbocycles. The molecule has 0 saturated carbocycles. The highest BCUT2D eigenvalue weighted by Crippen LogP contribution is 2.27. The number of alkyl carbamates (subject to hydrolysis) is 1. The SMILES string of the molecule is CC(C)(C)OC(=O)NC(CC1CCc2cccnc2C1)C(N)=O. The third kappa shape index (κ3) is 5.23. The molecule has 23 heavy (non-hydrogen) atoms. The van der Waals surface area contributed by atoms with E-state index < -0.39 is 23.6 Å². The lowest BCUT2D eigenvalue weighted by molar-refractivity contribution is -0.120. The maximum absolute atomic E-state index is 11.9. The largest absolute Gasteiger partial charge is 0.444 e. The number of carbonyl (C=O) groups excluding carboxylic acids is 2. The van der Waals surface area contributed by atoms with Crippen molar-refractivity contribution in [3.8, 4) is 0 Å². The third-order valence-corrected chi connectivity index (χ3v) is 3.89. The van der Waals surface area contributed by atoms with Crippen LogP contribution < -0.4 is 11.1 Å². The molecule has 6 heteroatoms. The van der Waals surface area contributed by atoms with Gasteiger partial charge in [-0.3, -0.25) is 9.78 Å². The first kappa shape index (κ1) is 17.2. The fourth-order valence-corrected chi connectivity index (χ4v) is 2.85. The number of rotatable bonds is 4. The summed E-state index contributed by atoms with van der Waals surface area (Å²) in [6.45, 7) is 5.32. The fourth-order valence-electron chi connectivity index (χ4n) is 2.85. The molecule has 2 amide bonds. The molecular formula is C17H25N3O3. The van der Waals surface area contributed by atoms with E-state index in [9.17, 15) is 9.59 Å². The van der Waals surface area contributed by atoms with Gasteiger partial charge in [-0.2, -0.15) is 0 Å². The minimum Gasteiger partial charge on any atom is -0.444 e. The standard InChI is InChI=1S/C17H25N3O3/c1-17(2,3)23-16(22)20-14(15(18)21)10-11-6-7-12-5-4-8-19-13(12)9-11/h4-5,8,11,14H,6-7,9-10H2,1-3H3,(H2,18,21)(H,20,22). The minimum absolute atomic E-state index is 0.268. The van der Waals surface area contributed by atoms with Crippen LogP contribution in [0.3, 0.4) is 0 Å². The van der Waals surface area contributed by atoms with Crippen LogP contribution in [0.1, 0.15) is 44.9 Å². The highest BCUT2D eigenvalue weighted by molar-refractivity contribution is 5.84. The molecule has 0 aliphatic heterocycles. The molecule has 2 rings (SSSR count). The van der Waals surface area contributed by atoms with Crippen LogP contribution in [0.25, 0.3) is 0 Å². The Kier molecular flexibility index (Phi) is 5.23. The van der Waals surface area contributed by atoms with Gasteiger partial charge in [-0.1, -0.05) is 6.07 Å². The van der Waals surface area contributed by atoms with Crippen molar-refractivity contribution < 1.29 is 14.3 Å². The summed E-state index contributed by atoms with van der Waals surface area (Å²) in [5, 5.41) is 2.59. The lowest BCUT2D eigenvalue weighted by atomic mass is 9.83. The molecule has 1 aromatic heterocycles. The van der Waals surface area contributed by atoms with Crippen molar-refractivity contribution in [1.82, 2.24) is 10.3 Å². The third-order valence-electron chi connectivity index (χ3n) is 3.89. The zero-order chi connectivity index (χ0) is 17.0. The maximum Gasteiger partial charge on any atom is 0.408 e. The Balaban J connectivity index is 1.95. The van der Waals surface area contributed by atoms with Gasteiger partial charge in [-0.25, -0.2) is 4.79 Å². The van der Waals surface area contributed by atoms with Gasteiger partial charge in [0.2, 0.25) is 5.91 Å². The minimum atomic E-state index is -0.722. The van der Waals surface area contributed by atoms with Gasteiger partial charge in [0.05, 0.1) is 0 Å². The topological polar surface area (TPSA) is 94.3 Å². The smallest absolute Gasteiger partial charge is 0.408 e. The Bertz CT molecular complexity index is 581. The number of hydrogen-bond acceptors (Lipinski definition) is 4. The highest BCUT2D eigenvalue weighted by Gasteiger charge is 2.28. The Labute approximate surface area is 136 Å². The van der Waals surface area contributed by atoms with Crippen molar-refractivity contribution in [2.45, 2.75) is 58.1 Å². The zero-order valence-electron chi connectivity index (χ0n) is 14.0. The molecule has 126 valence electrons. The molecule has 2 unspecified atom stereocenters. The highest BCUT2D eigenvalue weighted by atomic mass is 16.6. The molecular weight excluding hydrogens is 294 g/mol. The van der Waals surface area contributed by atoms with E-state index in [2.05, 4.69) is 16.4 Å². The van der Waals surface area contributed by atoms with Gasteiger partial charge in [-0.05, 0) is 64.0 Å². The van der Waals surface area contributed by atoms with Crippen LogP contribution in [-0.2, 0) is 22.4 Å². The van der Waals surface area contributed by atoms with Crippen LogP contribution >= 0.6 is 0 Å². The van der Waals surface area contributed by atoms with E-state index in [0.29, 0.717) is 6.42 Å². The van der Waals surface area contributed by atoms with Crippen molar-refractivity contribution in [2.75, 3.05) is 0 Å². The van der Waals surface area contributed by atoms with Gasteiger partial charge >= 0.3 is 6.09 Å². The Morgan fingerprint density at radius 2 is 2.22 bits per heavy atom. The summed E-state index contributed by atoms with van der Waals surface area (Å²) in [7, 11) is 0. The van der Waals surface area contributed by atoms with Crippen molar-refractivity contribution in [3.63, 3.8) is 0 Å². The van der Waals surface area contributed by atoms with Gasteiger partial charge in [-0.15, -0.1) is 0 Å². The molecule has 0 radical (unpaired) electrons. The number of nitrogens with two attached hydrogens (primary N) is 1. The molecule has 1 aromatic rings. The number of carbonyl (C=O) groups is 2. The number of pyridine rings is 1. The van der Waals surface area contributed by atoms with E-state index in [0.717, 1.165) is 25.0 Å². The van der Waals surface area contributed by atoms with Crippen LogP contribution in [0.15, 0.2) is 18.3 Å². The van der Waals surface area contributed by atoms with Crippen LogP contribution in [-0.4, -0.2) is 28.6 Å². The second-order valence-electron chi connectivity index (χ2n) is 7.05. The second kappa shape index (κ2) is 6.98. The Hall–Kier alpha value is -2.11. The molecule has 0 bridgehead atoms. The number of nitrogens with zero attached hydrogens (tertiary/aromatic N) is 1. The zero-order valence-corrected chi connectivity index (χ0v) is 14.0. The average Bonchev–Trinajstić information content (AvgIpc) is 2.44. The van der Waals surface area contributed by atoms with Crippen LogP contribution in [0, 0.1) is 5.92 Å². The van der Waals surface area contributed by atoms with E-state index >= 15 is 0 Å². The summed E-state index contributed by atoms with van der Waals surface area (Å²) in [6, 6.07) is 3.30. The van der Waals surface area contributed by atoms with Crippen molar-refractivity contribution in [1.29, 1.82) is 0 Å². The first-order valence-corrected chi connectivity index (χ1v) is 7.96. The number of fused-ring (bicyclic) bond motifs is 1. The van der Waals surface area contributed by atoms with Gasteiger partial charge < -0.3 is 15.8 Å². The lowest BCUT2D eigenvalue weighted by Crippen LogP contribution is -2.47. The molecule has 1 aliphatic carbocycles. The first-order chi connectivity index (χ1) is 10.7. The van der Waals surface area contributed by atoms with E-state index in [1.54, 1.807) is 27.0 Å². The average molecular weight is 319 g/mol. The molecule has 2 atom stereocenters. The first-order valence-electron chi connectivity index (χ1n) is 7.96. The summed E-state index contributed by atoms with van der Waals surface area (Å²) in [4.78, 5) is 27.9. The number of hydrogen-bond donors (Lipinski definition) is 2. The van der Waals surface area contributed by atoms with Gasteiger partial charge in [0.25, 0.3) is 0 Å². The quantitative estimate of drug-likeness (QED) is 0.887. The number of primary amides is 1. The van der Waals surface area contributed by atoms with Crippen LogP contribution in [0.5, 0.6) is 0 Å². The normalized spacial score (nSPS) is 18.7. The summed E-state index contributed by atoms with van der Waals surface area (Å²) in [5.74, 6) is -0.271. The van der Waals surface area contributed by atoms with Gasteiger partial charge in [0.15, 0.2) is 0 Å². The molecule has 0 saturated heterocycles. The van der Waals surface area contributed by atoms with E-state index in [-0.39, 0.29) is 5.92 Å². The summed E-state index contributed by atoms with van der Waals surface area (Å²) >= 11 is 0. The van der Waals surface area contributed by atoms with Gasteiger partial charge in [0, 0.05) is 11.9 Å². The number of nitrogens with one attached hydrogen (secondary N) is 1. The second-order valence-corrected chi connectivity index (χ2v) is 7.05. The molecule has 0 spiro atoms. The van der Waals surface area contributed by atoms with Crippen LogP contribution in [0.2, 0.25) is 0 Å². The molecule has 3 N–H and O–H groups in total. The molecule has 6 nitrogen and oxygen atoms in total. The monoisotopic (exact) mass is 319 g/mol. The molecule has 1 aliphatic rings. The Morgan fingerprint density at radius 1 is 1.48 bits per heavy atom. The summed E-state index contributed by atoms with van der Waals surface area (Å²) in [5.41, 5.74) is 7.16.